The summed E-state index contributed by atoms with van der Waals surface area (Å²) in [5.74, 6) is 0.712. The summed E-state index contributed by atoms with van der Waals surface area (Å²) in [5.41, 5.74) is 3.65. The molecule has 1 amide bonds. The second-order valence-corrected chi connectivity index (χ2v) is 6.13. The number of amides is 1. The van der Waals surface area contributed by atoms with Gasteiger partial charge >= 0.3 is 0 Å². The Morgan fingerprint density at radius 3 is 3.00 bits per heavy atom. The summed E-state index contributed by atoms with van der Waals surface area (Å²) in [6, 6.07) is 11.5. The van der Waals surface area contributed by atoms with Crippen molar-refractivity contribution in [1.82, 2.24) is 5.32 Å². The molecule has 0 saturated carbocycles. The Morgan fingerprint density at radius 1 is 1.32 bits per heavy atom. The second kappa shape index (κ2) is 6.50. The lowest BCUT2D eigenvalue weighted by molar-refractivity contribution is -0.0171. The summed E-state index contributed by atoms with van der Waals surface area (Å²) in [4.78, 5) is 12.2. The summed E-state index contributed by atoms with van der Waals surface area (Å²) in [6.45, 7) is 3.14. The van der Waals surface area contributed by atoms with Gasteiger partial charge in [-0.15, -0.1) is 0 Å². The molecule has 0 atom stereocenters. The van der Waals surface area contributed by atoms with Crippen LogP contribution in [0.15, 0.2) is 40.9 Å². The Kier molecular flexibility index (Phi) is 4.45. The molecule has 22 heavy (non-hydrogen) atoms. The highest BCUT2D eigenvalue weighted by Crippen LogP contribution is 2.31. The third-order valence-corrected chi connectivity index (χ3v) is 3.93. The summed E-state index contributed by atoms with van der Waals surface area (Å²) in [5, 5.41) is 2.94. The Labute approximate surface area is 137 Å². The van der Waals surface area contributed by atoms with Crippen LogP contribution >= 0.6 is 15.9 Å². The minimum absolute atomic E-state index is 0.0931. The SMILES string of the molecule is Cc1cccc(C(=O)NCc2cc(Br)cc3c2OCOC3)c1. The first-order chi connectivity index (χ1) is 10.6. The first-order valence-corrected chi connectivity index (χ1v) is 7.79. The highest BCUT2D eigenvalue weighted by atomic mass is 79.9. The van der Waals surface area contributed by atoms with E-state index in [4.69, 9.17) is 9.47 Å². The largest absolute Gasteiger partial charge is 0.467 e. The molecule has 0 bridgehead atoms. The van der Waals surface area contributed by atoms with Crippen molar-refractivity contribution in [3.63, 3.8) is 0 Å². The van der Waals surface area contributed by atoms with Gasteiger partial charge in [0.1, 0.15) is 5.75 Å². The number of carbonyl (C=O) groups excluding carboxylic acids is 1. The van der Waals surface area contributed by atoms with Crippen molar-refractivity contribution < 1.29 is 14.3 Å². The van der Waals surface area contributed by atoms with Gasteiger partial charge in [0.2, 0.25) is 0 Å². The third-order valence-electron chi connectivity index (χ3n) is 3.47. The molecule has 2 aromatic rings. The molecule has 0 spiro atoms. The number of nitrogens with one attached hydrogen (secondary N) is 1. The van der Waals surface area contributed by atoms with Crippen LogP contribution in [0.2, 0.25) is 0 Å². The molecule has 0 radical (unpaired) electrons. The normalized spacial score (nSPS) is 13.2. The van der Waals surface area contributed by atoms with Gasteiger partial charge in [-0.25, -0.2) is 0 Å². The zero-order chi connectivity index (χ0) is 15.5. The van der Waals surface area contributed by atoms with E-state index in [9.17, 15) is 4.79 Å². The van der Waals surface area contributed by atoms with Gasteiger partial charge in [-0.05, 0) is 31.2 Å². The van der Waals surface area contributed by atoms with E-state index in [1.807, 2.05) is 43.3 Å². The van der Waals surface area contributed by atoms with E-state index in [1.54, 1.807) is 0 Å². The lowest BCUT2D eigenvalue weighted by Crippen LogP contribution is -2.24. The van der Waals surface area contributed by atoms with Crippen LogP contribution in [0.1, 0.15) is 27.0 Å². The zero-order valence-electron chi connectivity index (χ0n) is 12.2. The Bertz CT molecular complexity index is 715. The fourth-order valence-electron chi connectivity index (χ4n) is 2.45. The number of fused-ring (bicyclic) bond motifs is 1. The highest BCUT2D eigenvalue weighted by molar-refractivity contribution is 9.10. The van der Waals surface area contributed by atoms with Crippen molar-refractivity contribution in [3.05, 3.63) is 63.1 Å². The van der Waals surface area contributed by atoms with E-state index in [1.165, 1.54) is 0 Å². The number of benzene rings is 2. The number of ether oxygens (including phenoxy) is 2. The van der Waals surface area contributed by atoms with Crippen LogP contribution in [-0.4, -0.2) is 12.7 Å². The van der Waals surface area contributed by atoms with E-state index in [2.05, 4.69) is 21.2 Å². The van der Waals surface area contributed by atoms with Crippen molar-refractivity contribution >= 4 is 21.8 Å². The van der Waals surface area contributed by atoms with Crippen LogP contribution in [-0.2, 0) is 17.9 Å². The number of carbonyl (C=O) groups is 1. The first kappa shape index (κ1) is 15.1. The zero-order valence-corrected chi connectivity index (χ0v) is 13.8. The van der Waals surface area contributed by atoms with Gasteiger partial charge in [0.15, 0.2) is 6.79 Å². The maximum atomic E-state index is 12.2. The quantitative estimate of drug-likeness (QED) is 0.909. The Balaban J connectivity index is 1.76. The van der Waals surface area contributed by atoms with Gasteiger partial charge in [0.25, 0.3) is 5.91 Å². The molecular weight excluding hydrogens is 346 g/mol. The predicted octanol–water partition coefficient (Wildman–Crippen LogP) is 3.55. The van der Waals surface area contributed by atoms with Gasteiger partial charge < -0.3 is 14.8 Å². The van der Waals surface area contributed by atoms with Crippen molar-refractivity contribution in [2.24, 2.45) is 0 Å². The fourth-order valence-corrected chi connectivity index (χ4v) is 3.00. The summed E-state index contributed by atoms with van der Waals surface area (Å²) in [7, 11) is 0. The molecule has 0 unspecified atom stereocenters. The average molecular weight is 362 g/mol. The molecule has 0 fully saturated rings. The van der Waals surface area contributed by atoms with Crippen molar-refractivity contribution in [2.45, 2.75) is 20.1 Å². The molecule has 2 aromatic carbocycles. The molecule has 0 aliphatic carbocycles. The maximum Gasteiger partial charge on any atom is 0.251 e. The van der Waals surface area contributed by atoms with Gasteiger partial charge in [0.05, 0.1) is 6.61 Å². The van der Waals surface area contributed by atoms with Crippen molar-refractivity contribution in [1.29, 1.82) is 0 Å². The van der Waals surface area contributed by atoms with Crippen LogP contribution < -0.4 is 10.1 Å². The Hall–Kier alpha value is -1.85. The van der Waals surface area contributed by atoms with Gasteiger partial charge in [0, 0.05) is 27.7 Å². The van der Waals surface area contributed by atoms with Crippen LogP contribution in [0.25, 0.3) is 0 Å². The van der Waals surface area contributed by atoms with Crippen LogP contribution in [0, 0.1) is 6.92 Å². The summed E-state index contributed by atoms with van der Waals surface area (Å²) >= 11 is 3.48. The number of halogens is 1. The monoisotopic (exact) mass is 361 g/mol. The third kappa shape index (κ3) is 3.31. The number of aryl methyl sites for hydroxylation is 1. The minimum atomic E-state index is -0.0931. The lowest BCUT2D eigenvalue weighted by Gasteiger charge is -2.21. The maximum absolute atomic E-state index is 12.2. The number of rotatable bonds is 3. The van der Waals surface area contributed by atoms with E-state index in [0.29, 0.717) is 18.7 Å². The van der Waals surface area contributed by atoms with Crippen molar-refractivity contribution in [2.75, 3.05) is 6.79 Å². The molecule has 114 valence electrons. The molecule has 1 N–H and O–H groups in total. The second-order valence-electron chi connectivity index (χ2n) is 5.22. The van der Waals surface area contributed by atoms with Gasteiger partial charge in [-0.2, -0.15) is 0 Å². The predicted molar refractivity (Wildman–Crippen MR) is 86.8 cm³/mol. The molecule has 1 aliphatic heterocycles. The number of hydrogen-bond donors (Lipinski definition) is 1. The van der Waals surface area contributed by atoms with E-state index >= 15 is 0 Å². The smallest absolute Gasteiger partial charge is 0.251 e. The molecule has 1 heterocycles. The Morgan fingerprint density at radius 2 is 2.18 bits per heavy atom. The van der Waals surface area contributed by atoms with Gasteiger partial charge in [-0.1, -0.05) is 33.6 Å². The highest BCUT2D eigenvalue weighted by Gasteiger charge is 2.17. The van der Waals surface area contributed by atoms with E-state index in [-0.39, 0.29) is 12.7 Å². The molecular formula is C17H16BrNO3. The molecule has 5 heteroatoms. The molecule has 0 saturated heterocycles. The molecule has 3 rings (SSSR count). The van der Waals surface area contributed by atoms with Crippen LogP contribution in [0.5, 0.6) is 5.75 Å². The molecule has 4 nitrogen and oxygen atoms in total. The van der Waals surface area contributed by atoms with Gasteiger partial charge in [-0.3, -0.25) is 4.79 Å². The molecule has 0 aromatic heterocycles. The van der Waals surface area contributed by atoms with Crippen molar-refractivity contribution in [3.8, 4) is 5.75 Å². The summed E-state index contributed by atoms with van der Waals surface area (Å²) in [6.07, 6.45) is 0. The molecule has 1 aliphatic rings. The van der Waals surface area contributed by atoms with Crippen LogP contribution in [0.4, 0.5) is 0 Å². The van der Waals surface area contributed by atoms with E-state index in [0.717, 1.165) is 26.9 Å². The summed E-state index contributed by atoms with van der Waals surface area (Å²) < 4.78 is 11.8. The fraction of sp³-hybridized carbons (Fsp3) is 0.235. The van der Waals surface area contributed by atoms with Crippen LogP contribution in [0.3, 0.4) is 0 Å². The first-order valence-electron chi connectivity index (χ1n) is 7.00. The standard InChI is InChI=1S/C17H16BrNO3/c1-11-3-2-4-12(5-11)17(20)19-8-13-6-15(18)7-14-9-21-10-22-16(13)14/h2-7H,8-10H2,1H3,(H,19,20). The minimum Gasteiger partial charge on any atom is -0.467 e. The average Bonchev–Trinajstić information content (AvgIpc) is 2.52. The number of hydrogen-bond acceptors (Lipinski definition) is 3. The topological polar surface area (TPSA) is 47.6 Å². The lowest BCUT2D eigenvalue weighted by atomic mass is 10.1. The van der Waals surface area contributed by atoms with E-state index < -0.39 is 0 Å².